The lowest BCUT2D eigenvalue weighted by Crippen LogP contribution is -3.19. The predicted octanol–water partition coefficient (Wildman–Crippen LogP) is 1.68. The standard InChI is InChI=1S/C22H24ClN3O2/c1-16-7-8-18(23)13-19(16)24-9-11-25(12-10-24)20-14-21(27)26(22(20)28)15-17-5-3-2-4-6-17/h2-8,13,20H,9-12,14-15H2,1H3/p+1/t20-/m0/s1. The number of hydrogen-bond acceptors (Lipinski definition) is 3. The zero-order chi connectivity index (χ0) is 19.7. The van der Waals surface area contributed by atoms with Crippen molar-refractivity contribution in [3.8, 4) is 0 Å². The Morgan fingerprint density at radius 3 is 2.50 bits per heavy atom. The van der Waals surface area contributed by atoms with E-state index >= 15 is 0 Å². The molecule has 1 N–H and O–H groups in total. The van der Waals surface area contributed by atoms with Crippen molar-refractivity contribution in [3.05, 3.63) is 64.7 Å². The Kier molecular flexibility index (Phi) is 5.38. The first-order chi connectivity index (χ1) is 13.5. The van der Waals surface area contributed by atoms with Gasteiger partial charge in [0.1, 0.15) is 0 Å². The Morgan fingerprint density at radius 1 is 1.07 bits per heavy atom. The molecule has 28 heavy (non-hydrogen) atoms. The molecule has 0 spiro atoms. The van der Waals surface area contributed by atoms with Crippen molar-refractivity contribution in [2.45, 2.75) is 25.9 Å². The van der Waals surface area contributed by atoms with Crippen molar-refractivity contribution in [3.63, 3.8) is 0 Å². The lowest BCUT2D eigenvalue weighted by molar-refractivity contribution is -0.915. The summed E-state index contributed by atoms with van der Waals surface area (Å²) in [5, 5.41) is 0.739. The van der Waals surface area contributed by atoms with Gasteiger partial charge in [-0.05, 0) is 30.2 Å². The molecule has 0 radical (unpaired) electrons. The fourth-order valence-electron chi connectivity index (χ4n) is 4.24. The number of anilines is 1. The van der Waals surface area contributed by atoms with E-state index in [0.717, 1.165) is 42.5 Å². The minimum atomic E-state index is -0.251. The summed E-state index contributed by atoms with van der Waals surface area (Å²) in [5.41, 5.74) is 3.35. The van der Waals surface area contributed by atoms with Gasteiger partial charge in [0.05, 0.1) is 39.1 Å². The second kappa shape index (κ2) is 7.94. The van der Waals surface area contributed by atoms with Gasteiger partial charge >= 0.3 is 0 Å². The number of aryl methyl sites for hydroxylation is 1. The van der Waals surface area contributed by atoms with Crippen molar-refractivity contribution >= 4 is 29.1 Å². The zero-order valence-corrected chi connectivity index (χ0v) is 16.8. The third kappa shape index (κ3) is 3.77. The van der Waals surface area contributed by atoms with Crippen LogP contribution in [-0.4, -0.2) is 48.9 Å². The molecule has 2 aromatic rings. The summed E-state index contributed by atoms with van der Waals surface area (Å²) < 4.78 is 0. The van der Waals surface area contributed by atoms with Crippen LogP contribution in [0, 0.1) is 6.92 Å². The summed E-state index contributed by atoms with van der Waals surface area (Å²) in [6.07, 6.45) is 0.317. The van der Waals surface area contributed by atoms with Crippen LogP contribution in [0.15, 0.2) is 48.5 Å². The number of nitrogens with zero attached hydrogens (tertiary/aromatic N) is 2. The number of benzene rings is 2. The number of imide groups is 1. The van der Waals surface area contributed by atoms with E-state index in [4.69, 9.17) is 11.6 Å². The molecule has 2 aromatic carbocycles. The fourth-order valence-corrected chi connectivity index (χ4v) is 4.41. The maximum Gasteiger partial charge on any atom is 0.288 e. The number of amides is 2. The van der Waals surface area contributed by atoms with Gasteiger partial charge < -0.3 is 9.80 Å². The minimum absolute atomic E-state index is 0.0313. The molecule has 5 nitrogen and oxygen atoms in total. The van der Waals surface area contributed by atoms with Gasteiger partial charge in [-0.15, -0.1) is 0 Å². The Balaban J connectivity index is 1.40. The number of halogens is 1. The quantitative estimate of drug-likeness (QED) is 0.797. The highest BCUT2D eigenvalue weighted by molar-refractivity contribution is 6.30. The largest absolute Gasteiger partial charge is 0.360 e. The number of hydrogen-bond donors (Lipinski definition) is 1. The molecule has 146 valence electrons. The Hall–Kier alpha value is -2.37. The summed E-state index contributed by atoms with van der Waals surface area (Å²) in [7, 11) is 0. The third-order valence-electron chi connectivity index (χ3n) is 5.84. The summed E-state index contributed by atoms with van der Waals surface area (Å²) in [5.74, 6) is -0.0873. The summed E-state index contributed by atoms with van der Waals surface area (Å²) >= 11 is 6.17. The third-order valence-corrected chi connectivity index (χ3v) is 6.07. The van der Waals surface area contributed by atoms with Crippen molar-refractivity contribution in [1.82, 2.24) is 4.90 Å². The average Bonchev–Trinajstić information content (AvgIpc) is 2.99. The van der Waals surface area contributed by atoms with E-state index in [1.807, 2.05) is 48.5 Å². The smallest absolute Gasteiger partial charge is 0.288 e. The van der Waals surface area contributed by atoms with Crippen LogP contribution >= 0.6 is 11.6 Å². The molecular formula is C22H25ClN3O2+. The maximum absolute atomic E-state index is 12.9. The highest BCUT2D eigenvalue weighted by Gasteiger charge is 2.45. The SMILES string of the molecule is Cc1ccc(Cl)cc1N1CC[NH+]([C@H]2CC(=O)N(Cc3ccccc3)C2=O)CC1. The molecule has 0 saturated carbocycles. The van der Waals surface area contributed by atoms with Crippen LogP contribution < -0.4 is 9.80 Å². The zero-order valence-electron chi connectivity index (χ0n) is 16.0. The Bertz CT molecular complexity index is 879. The van der Waals surface area contributed by atoms with Gasteiger partial charge in [0, 0.05) is 10.7 Å². The van der Waals surface area contributed by atoms with Gasteiger partial charge in [-0.1, -0.05) is 48.0 Å². The van der Waals surface area contributed by atoms with Crippen molar-refractivity contribution in [2.24, 2.45) is 0 Å². The number of nitrogens with one attached hydrogen (secondary N) is 1. The second-order valence-corrected chi connectivity index (χ2v) is 8.07. The van der Waals surface area contributed by atoms with Crippen molar-refractivity contribution < 1.29 is 14.5 Å². The van der Waals surface area contributed by atoms with Gasteiger partial charge in [0.15, 0.2) is 6.04 Å². The number of quaternary nitrogens is 1. The maximum atomic E-state index is 12.9. The van der Waals surface area contributed by atoms with E-state index in [1.54, 1.807) is 0 Å². The lowest BCUT2D eigenvalue weighted by Gasteiger charge is -2.36. The minimum Gasteiger partial charge on any atom is -0.360 e. The van der Waals surface area contributed by atoms with Gasteiger partial charge in [-0.25, -0.2) is 0 Å². The molecule has 4 rings (SSSR count). The molecule has 2 heterocycles. The predicted molar refractivity (Wildman–Crippen MR) is 110 cm³/mol. The van der Waals surface area contributed by atoms with Crippen molar-refractivity contribution in [2.75, 3.05) is 31.1 Å². The summed E-state index contributed by atoms with van der Waals surface area (Å²) in [6.45, 7) is 5.85. The number of carbonyl (C=O) groups is 2. The number of piperazine rings is 1. The second-order valence-electron chi connectivity index (χ2n) is 7.64. The first kappa shape index (κ1) is 19.0. The van der Waals surface area contributed by atoms with E-state index in [2.05, 4.69) is 11.8 Å². The average molecular weight is 399 g/mol. The van der Waals surface area contributed by atoms with Gasteiger partial charge in [0.25, 0.3) is 5.91 Å². The van der Waals surface area contributed by atoms with E-state index in [9.17, 15) is 9.59 Å². The van der Waals surface area contributed by atoms with E-state index in [-0.39, 0.29) is 17.9 Å². The summed E-state index contributed by atoms with van der Waals surface area (Å²) in [4.78, 5) is 30.4. The topological polar surface area (TPSA) is 45.1 Å². The molecule has 6 heteroatoms. The molecule has 0 bridgehead atoms. The molecule has 1 atom stereocenters. The highest BCUT2D eigenvalue weighted by Crippen LogP contribution is 2.24. The fraction of sp³-hybridized carbons (Fsp3) is 0.364. The van der Waals surface area contributed by atoms with Gasteiger partial charge in [-0.3, -0.25) is 14.5 Å². The number of likely N-dealkylation sites (tertiary alicyclic amines) is 1. The molecule has 0 unspecified atom stereocenters. The molecular weight excluding hydrogens is 374 g/mol. The molecule has 2 aliphatic heterocycles. The highest BCUT2D eigenvalue weighted by atomic mass is 35.5. The van der Waals surface area contributed by atoms with Crippen LogP contribution in [0.2, 0.25) is 5.02 Å². The Labute approximate surface area is 170 Å². The lowest BCUT2D eigenvalue weighted by atomic mass is 10.1. The monoisotopic (exact) mass is 398 g/mol. The first-order valence-electron chi connectivity index (χ1n) is 9.77. The number of rotatable bonds is 4. The van der Waals surface area contributed by atoms with E-state index in [1.165, 1.54) is 15.4 Å². The normalized spacial score (nSPS) is 20.9. The molecule has 2 saturated heterocycles. The first-order valence-corrected chi connectivity index (χ1v) is 10.1. The van der Waals surface area contributed by atoms with Crippen LogP contribution in [-0.2, 0) is 16.1 Å². The Morgan fingerprint density at radius 2 is 1.79 bits per heavy atom. The summed E-state index contributed by atoms with van der Waals surface area (Å²) in [6, 6.07) is 15.4. The van der Waals surface area contributed by atoms with Crippen LogP contribution in [0.3, 0.4) is 0 Å². The van der Waals surface area contributed by atoms with Crippen LogP contribution in [0.25, 0.3) is 0 Å². The van der Waals surface area contributed by atoms with Crippen LogP contribution in [0.4, 0.5) is 5.69 Å². The molecule has 2 fully saturated rings. The molecule has 2 amide bonds. The van der Waals surface area contributed by atoms with Gasteiger partial charge in [-0.2, -0.15) is 0 Å². The molecule has 2 aliphatic rings. The molecule has 0 aromatic heterocycles. The van der Waals surface area contributed by atoms with E-state index < -0.39 is 0 Å². The van der Waals surface area contributed by atoms with Gasteiger partial charge in [0.2, 0.25) is 5.91 Å². The van der Waals surface area contributed by atoms with E-state index in [0.29, 0.717) is 13.0 Å². The van der Waals surface area contributed by atoms with Crippen LogP contribution in [0.5, 0.6) is 0 Å². The van der Waals surface area contributed by atoms with Crippen LogP contribution in [0.1, 0.15) is 17.5 Å². The number of carbonyl (C=O) groups excluding carboxylic acids is 2. The molecule has 0 aliphatic carbocycles. The van der Waals surface area contributed by atoms with Crippen molar-refractivity contribution in [1.29, 1.82) is 0 Å².